The van der Waals surface area contributed by atoms with Crippen molar-refractivity contribution >= 4 is 40.8 Å². The van der Waals surface area contributed by atoms with Crippen molar-refractivity contribution in [1.29, 1.82) is 0 Å². The zero-order valence-electron chi connectivity index (χ0n) is 18.2. The first kappa shape index (κ1) is 26.0. The van der Waals surface area contributed by atoms with Gasteiger partial charge >= 0.3 is 18.1 Å². The van der Waals surface area contributed by atoms with Gasteiger partial charge in [-0.25, -0.2) is 9.59 Å². The minimum atomic E-state index is -4.56. The average Bonchev–Trinajstić information content (AvgIpc) is 2.75. The molecule has 0 aliphatic carbocycles. The molecule has 0 heterocycles. The molecule has 11 heteroatoms. The van der Waals surface area contributed by atoms with Crippen LogP contribution >= 0.6 is 11.6 Å². The van der Waals surface area contributed by atoms with E-state index >= 15 is 0 Å². The highest BCUT2D eigenvalue weighted by Gasteiger charge is 2.31. The molecule has 0 bridgehead atoms. The Labute approximate surface area is 193 Å². The number of halogens is 4. The van der Waals surface area contributed by atoms with Crippen LogP contribution in [0.5, 0.6) is 0 Å². The van der Waals surface area contributed by atoms with Crippen LogP contribution < -0.4 is 10.6 Å². The normalized spacial score (nSPS) is 12.2. The number of anilines is 2. The molecule has 0 radical (unpaired) electrons. The standard InChI is InChI=1S/C22H22ClF3N2O5/c1-11(2)18(27-16-8-6-13(10-15(16)23)22(24,25)26)19(29)28-17-9-12(20(30)32-3)5-7-14(17)21(31)33-4/h5-11,18,27H,1-4H3,(H,28,29)/t18-/m0/s1. The van der Waals surface area contributed by atoms with Crippen molar-refractivity contribution in [2.75, 3.05) is 24.9 Å². The van der Waals surface area contributed by atoms with Gasteiger partial charge in [-0.1, -0.05) is 25.4 Å². The smallest absolute Gasteiger partial charge is 0.416 e. The Kier molecular flexibility index (Phi) is 8.32. The number of esters is 2. The lowest BCUT2D eigenvalue weighted by Gasteiger charge is -2.24. The summed E-state index contributed by atoms with van der Waals surface area (Å²) in [5.41, 5.74) is -0.726. The molecule has 178 valence electrons. The zero-order valence-corrected chi connectivity index (χ0v) is 18.9. The molecule has 1 amide bonds. The lowest BCUT2D eigenvalue weighted by atomic mass is 10.0. The van der Waals surface area contributed by atoms with Crippen LogP contribution in [0.3, 0.4) is 0 Å². The fourth-order valence-corrected chi connectivity index (χ4v) is 3.14. The van der Waals surface area contributed by atoms with Crippen LogP contribution in [0.1, 0.15) is 40.1 Å². The third-order valence-electron chi connectivity index (χ3n) is 4.66. The van der Waals surface area contributed by atoms with E-state index < -0.39 is 35.6 Å². The Hall–Kier alpha value is -3.27. The molecule has 0 aliphatic heterocycles. The van der Waals surface area contributed by atoms with Crippen LogP contribution in [-0.4, -0.2) is 38.1 Å². The number of alkyl halides is 3. The minimum absolute atomic E-state index is 0.000663. The number of nitrogens with one attached hydrogen (secondary N) is 2. The molecule has 0 saturated carbocycles. The SMILES string of the molecule is COC(=O)c1ccc(C(=O)OC)c(NC(=O)[C@@H](Nc2ccc(C(F)(F)F)cc2Cl)C(C)C)c1. The number of benzene rings is 2. The predicted molar refractivity (Wildman–Crippen MR) is 116 cm³/mol. The molecule has 0 aliphatic rings. The van der Waals surface area contributed by atoms with Gasteiger partial charge in [0.05, 0.1) is 47.3 Å². The summed E-state index contributed by atoms with van der Waals surface area (Å²) in [5.74, 6) is -2.39. The lowest BCUT2D eigenvalue weighted by molar-refractivity contribution is -0.137. The Bertz CT molecular complexity index is 1060. The zero-order chi connectivity index (χ0) is 24.9. The fraction of sp³-hybridized carbons (Fsp3) is 0.318. The topological polar surface area (TPSA) is 93.7 Å². The van der Waals surface area contributed by atoms with Gasteiger partial charge in [-0.3, -0.25) is 4.79 Å². The molecule has 0 saturated heterocycles. The highest BCUT2D eigenvalue weighted by atomic mass is 35.5. The Balaban J connectivity index is 2.36. The summed E-state index contributed by atoms with van der Waals surface area (Å²) in [6, 6.07) is 5.69. The molecule has 0 spiro atoms. The molecular formula is C22H22ClF3N2O5. The predicted octanol–water partition coefficient (Wildman–Crippen LogP) is 5.01. The number of carbonyl (C=O) groups is 3. The number of amides is 1. The molecule has 1 atom stereocenters. The second kappa shape index (κ2) is 10.6. The Morgan fingerprint density at radius 3 is 2.09 bits per heavy atom. The molecule has 2 N–H and O–H groups in total. The summed E-state index contributed by atoms with van der Waals surface area (Å²) in [7, 11) is 2.34. The van der Waals surface area contributed by atoms with Gasteiger partial charge in [0.1, 0.15) is 6.04 Å². The van der Waals surface area contributed by atoms with Crippen LogP contribution in [0.4, 0.5) is 24.5 Å². The van der Waals surface area contributed by atoms with E-state index in [0.29, 0.717) is 0 Å². The number of rotatable bonds is 7. The minimum Gasteiger partial charge on any atom is -0.465 e. The third kappa shape index (κ3) is 6.38. The van der Waals surface area contributed by atoms with Crippen molar-refractivity contribution in [3.05, 3.63) is 58.1 Å². The van der Waals surface area contributed by atoms with Gasteiger partial charge in [-0.2, -0.15) is 13.2 Å². The largest absolute Gasteiger partial charge is 0.465 e. The first-order valence-corrected chi connectivity index (χ1v) is 10.0. The first-order chi connectivity index (χ1) is 15.4. The van der Waals surface area contributed by atoms with Gasteiger partial charge in [0.15, 0.2) is 0 Å². The number of methoxy groups -OCH3 is 2. The quantitative estimate of drug-likeness (QED) is 0.534. The van der Waals surface area contributed by atoms with E-state index in [1.165, 1.54) is 25.3 Å². The van der Waals surface area contributed by atoms with Crippen LogP contribution in [0.2, 0.25) is 5.02 Å². The molecule has 2 aromatic rings. The van der Waals surface area contributed by atoms with Crippen molar-refractivity contribution in [2.45, 2.75) is 26.1 Å². The van der Waals surface area contributed by atoms with Crippen LogP contribution in [0, 0.1) is 5.92 Å². The van der Waals surface area contributed by atoms with Crippen molar-refractivity contribution < 1.29 is 37.0 Å². The van der Waals surface area contributed by atoms with Gasteiger partial charge < -0.3 is 20.1 Å². The summed E-state index contributed by atoms with van der Waals surface area (Å²) < 4.78 is 48.1. The van der Waals surface area contributed by atoms with Crippen LogP contribution in [0.25, 0.3) is 0 Å². The molecular weight excluding hydrogens is 465 g/mol. The highest BCUT2D eigenvalue weighted by molar-refractivity contribution is 6.33. The number of ether oxygens (including phenoxy) is 2. The van der Waals surface area contributed by atoms with Crippen LogP contribution in [-0.2, 0) is 20.4 Å². The highest BCUT2D eigenvalue weighted by Crippen LogP contribution is 2.34. The molecule has 7 nitrogen and oxygen atoms in total. The monoisotopic (exact) mass is 486 g/mol. The van der Waals surface area contributed by atoms with E-state index in [2.05, 4.69) is 15.4 Å². The van der Waals surface area contributed by atoms with Crippen molar-refractivity contribution in [3.8, 4) is 0 Å². The van der Waals surface area contributed by atoms with Gasteiger partial charge in [-0.15, -0.1) is 0 Å². The second-order valence-corrected chi connectivity index (χ2v) is 7.70. The molecule has 2 rings (SSSR count). The fourth-order valence-electron chi connectivity index (χ4n) is 2.90. The summed E-state index contributed by atoms with van der Waals surface area (Å²) >= 11 is 6.00. The summed E-state index contributed by atoms with van der Waals surface area (Å²) in [5, 5.41) is 5.19. The van der Waals surface area contributed by atoms with E-state index in [9.17, 15) is 27.6 Å². The van der Waals surface area contributed by atoms with Gasteiger partial charge in [0, 0.05) is 0 Å². The van der Waals surface area contributed by atoms with Crippen molar-refractivity contribution in [1.82, 2.24) is 0 Å². The van der Waals surface area contributed by atoms with E-state index in [0.717, 1.165) is 25.3 Å². The summed E-state index contributed by atoms with van der Waals surface area (Å²) in [4.78, 5) is 37.0. The van der Waals surface area contributed by atoms with E-state index in [1.807, 2.05) is 0 Å². The lowest BCUT2D eigenvalue weighted by Crippen LogP contribution is -2.39. The number of hydrogen-bond acceptors (Lipinski definition) is 6. The van der Waals surface area contributed by atoms with E-state index in [1.54, 1.807) is 13.8 Å². The Morgan fingerprint density at radius 2 is 1.58 bits per heavy atom. The van der Waals surface area contributed by atoms with Crippen molar-refractivity contribution in [2.24, 2.45) is 5.92 Å². The maximum absolute atomic E-state index is 13.0. The first-order valence-electron chi connectivity index (χ1n) is 9.63. The molecule has 0 fully saturated rings. The van der Waals surface area contributed by atoms with Crippen molar-refractivity contribution in [3.63, 3.8) is 0 Å². The second-order valence-electron chi connectivity index (χ2n) is 7.29. The molecule has 33 heavy (non-hydrogen) atoms. The van der Waals surface area contributed by atoms with E-state index in [-0.39, 0.29) is 33.4 Å². The maximum atomic E-state index is 13.0. The molecule has 2 aromatic carbocycles. The average molecular weight is 487 g/mol. The number of carbonyl (C=O) groups excluding carboxylic acids is 3. The maximum Gasteiger partial charge on any atom is 0.416 e. The van der Waals surface area contributed by atoms with Gasteiger partial charge in [-0.05, 0) is 42.3 Å². The Morgan fingerprint density at radius 1 is 0.939 bits per heavy atom. The molecule has 0 aromatic heterocycles. The van der Waals surface area contributed by atoms with Crippen LogP contribution in [0.15, 0.2) is 36.4 Å². The van der Waals surface area contributed by atoms with Gasteiger partial charge in [0.25, 0.3) is 0 Å². The summed E-state index contributed by atoms with van der Waals surface area (Å²) in [6.45, 7) is 3.42. The molecule has 0 unspecified atom stereocenters. The number of hydrogen-bond donors (Lipinski definition) is 2. The van der Waals surface area contributed by atoms with E-state index in [4.69, 9.17) is 16.3 Å². The van der Waals surface area contributed by atoms with Gasteiger partial charge in [0.2, 0.25) is 5.91 Å². The third-order valence-corrected chi connectivity index (χ3v) is 4.97. The summed E-state index contributed by atoms with van der Waals surface area (Å²) in [6.07, 6.45) is -4.56.